The van der Waals surface area contributed by atoms with Gasteiger partial charge in [-0.2, -0.15) is 0 Å². The second kappa shape index (κ2) is 3.65. The lowest BCUT2D eigenvalue weighted by Crippen LogP contribution is -2.21. The molecule has 0 N–H and O–H groups in total. The zero-order valence-electron chi connectivity index (χ0n) is 8.05. The average Bonchev–Trinajstić information content (AvgIpc) is 2.54. The Balaban J connectivity index is 2.47. The lowest BCUT2D eigenvalue weighted by Gasteiger charge is -1.93. The molecule has 0 unspecified atom stereocenters. The molecule has 2 aromatic rings. The van der Waals surface area contributed by atoms with Crippen LogP contribution in [0.15, 0.2) is 23.3 Å². The molecule has 0 saturated heterocycles. The van der Waals surface area contributed by atoms with Crippen molar-refractivity contribution < 1.29 is 0 Å². The zero-order valence-corrected chi connectivity index (χ0v) is 8.05. The van der Waals surface area contributed by atoms with Crippen molar-refractivity contribution in [2.75, 3.05) is 0 Å². The molecule has 0 aliphatic carbocycles. The Kier molecular flexibility index (Phi) is 2.34. The summed E-state index contributed by atoms with van der Waals surface area (Å²) in [6, 6.07) is 1.72. The quantitative estimate of drug-likeness (QED) is 0.603. The molecule has 0 radical (unpaired) electrons. The van der Waals surface area contributed by atoms with E-state index in [1.807, 2.05) is 0 Å². The Morgan fingerprint density at radius 2 is 2.36 bits per heavy atom. The van der Waals surface area contributed by atoms with Crippen LogP contribution in [0, 0.1) is 0 Å². The van der Waals surface area contributed by atoms with Crippen molar-refractivity contribution in [1.29, 1.82) is 0 Å². The van der Waals surface area contributed by atoms with Gasteiger partial charge in [-0.05, 0) is 12.5 Å². The van der Waals surface area contributed by atoms with Gasteiger partial charge in [-0.3, -0.25) is 0 Å². The molecule has 14 heavy (non-hydrogen) atoms. The van der Waals surface area contributed by atoms with Crippen LogP contribution in [0.2, 0.25) is 6.32 Å². The number of hydrogen-bond acceptors (Lipinski definition) is 3. The van der Waals surface area contributed by atoms with E-state index in [0.29, 0.717) is 12.3 Å². The van der Waals surface area contributed by atoms with Crippen LogP contribution in [0.3, 0.4) is 0 Å². The van der Waals surface area contributed by atoms with Gasteiger partial charge in [-0.25, -0.2) is 18.9 Å². The normalized spacial score (nSPS) is 10.9. The number of fused-ring (bicyclic) bond motifs is 1. The topological polar surface area (TPSA) is 52.2 Å². The maximum absolute atomic E-state index is 11.7. The monoisotopic (exact) mass is 190 g/mol. The summed E-state index contributed by atoms with van der Waals surface area (Å²) in [5.74, 6) is 0.466. The average molecular weight is 190 g/mol. The maximum Gasteiger partial charge on any atom is 0.351 e. The van der Waals surface area contributed by atoms with E-state index in [-0.39, 0.29) is 5.69 Å². The van der Waals surface area contributed by atoms with Gasteiger partial charge in [0.1, 0.15) is 7.85 Å². The third-order valence-electron chi connectivity index (χ3n) is 2.09. The van der Waals surface area contributed by atoms with E-state index in [1.165, 1.54) is 9.08 Å². The summed E-state index contributed by atoms with van der Waals surface area (Å²) in [6.45, 7) is 0.665. The van der Waals surface area contributed by atoms with Gasteiger partial charge in [0, 0.05) is 18.9 Å². The predicted octanol–water partition coefficient (Wildman–Crippen LogP) is -0.667. The van der Waals surface area contributed by atoms with Crippen molar-refractivity contribution in [3.05, 3.63) is 28.9 Å². The van der Waals surface area contributed by atoms with E-state index in [0.717, 1.165) is 12.7 Å². The lowest BCUT2D eigenvalue weighted by atomic mass is 10.0. The molecule has 2 rings (SSSR count). The van der Waals surface area contributed by atoms with Crippen LogP contribution in [-0.2, 0) is 6.54 Å². The third kappa shape index (κ3) is 1.43. The van der Waals surface area contributed by atoms with E-state index in [4.69, 9.17) is 0 Å². The Labute approximate surface area is 81.8 Å². The van der Waals surface area contributed by atoms with Crippen molar-refractivity contribution in [3.63, 3.8) is 0 Å². The summed E-state index contributed by atoms with van der Waals surface area (Å²) in [5.41, 5.74) is -0.110. The molecule has 72 valence electrons. The van der Waals surface area contributed by atoms with Crippen LogP contribution in [0.4, 0.5) is 0 Å². The molecule has 0 aliphatic rings. The van der Waals surface area contributed by atoms with Crippen LogP contribution < -0.4 is 5.69 Å². The van der Waals surface area contributed by atoms with E-state index < -0.39 is 0 Å². The summed E-state index contributed by atoms with van der Waals surface area (Å²) in [5, 5.41) is 4.11. The first-order valence-corrected chi connectivity index (χ1v) is 4.73. The van der Waals surface area contributed by atoms with Crippen LogP contribution in [0.25, 0.3) is 5.78 Å². The van der Waals surface area contributed by atoms with E-state index in [2.05, 4.69) is 17.9 Å². The van der Waals surface area contributed by atoms with Gasteiger partial charge < -0.3 is 0 Å². The molecule has 5 nitrogen and oxygen atoms in total. The number of rotatable bonds is 3. The molecule has 0 fully saturated rings. The van der Waals surface area contributed by atoms with E-state index in [1.54, 1.807) is 18.5 Å². The van der Waals surface area contributed by atoms with Gasteiger partial charge in [-0.1, -0.05) is 6.32 Å². The van der Waals surface area contributed by atoms with Gasteiger partial charge in [0.2, 0.25) is 0 Å². The largest absolute Gasteiger partial charge is 0.351 e. The number of aryl methyl sites for hydroxylation is 1. The molecule has 0 bridgehead atoms. The zero-order chi connectivity index (χ0) is 9.97. The van der Waals surface area contributed by atoms with Gasteiger partial charge in [0.15, 0.2) is 0 Å². The van der Waals surface area contributed by atoms with Crippen LogP contribution in [0.5, 0.6) is 0 Å². The van der Waals surface area contributed by atoms with Crippen LogP contribution >= 0.6 is 0 Å². The highest BCUT2D eigenvalue weighted by Crippen LogP contribution is 1.92. The highest BCUT2D eigenvalue weighted by atomic mass is 16.2. The first kappa shape index (κ1) is 8.99. The Morgan fingerprint density at radius 3 is 3.07 bits per heavy atom. The van der Waals surface area contributed by atoms with Gasteiger partial charge in [-0.15, -0.1) is 5.10 Å². The van der Waals surface area contributed by atoms with E-state index >= 15 is 0 Å². The van der Waals surface area contributed by atoms with Gasteiger partial charge in [0.25, 0.3) is 5.78 Å². The van der Waals surface area contributed by atoms with Crippen molar-refractivity contribution in [2.24, 2.45) is 0 Å². The van der Waals surface area contributed by atoms with Crippen molar-refractivity contribution in [2.45, 2.75) is 19.3 Å². The minimum Gasteiger partial charge on any atom is -0.246 e. The Bertz CT molecular complexity index is 489. The van der Waals surface area contributed by atoms with Crippen molar-refractivity contribution in [3.8, 4) is 0 Å². The van der Waals surface area contributed by atoms with Gasteiger partial charge in [0.05, 0.1) is 0 Å². The number of nitrogens with zero attached hydrogens (tertiary/aromatic N) is 4. The molecular weight excluding hydrogens is 179 g/mol. The third-order valence-corrected chi connectivity index (χ3v) is 2.09. The molecule has 0 atom stereocenters. The summed E-state index contributed by atoms with van der Waals surface area (Å²) in [7, 11) is 2.08. The molecule has 2 aromatic heterocycles. The Hall–Kier alpha value is -1.59. The molecule has 0 amide bonds. The Morgan fingerprint density at radius 1 is 1.50 bits per heavy atom. The SMILES string of the molecule is BCCCn1nc2ncccn2c1=O. The van der Waals surface area contributed by atoms with Crippen LogP contribution in [-0.4, -0.2) is 27.0 Å². The van der Waals surface area contributed by atoms with Crippen molar-refractivity contribution >= 4 is 13.6 Å². The molecule has 0 aliphatic heterocycles. The molecule has 2 heterocycles. The smallest absolute Gasteiger partial charge is 0.246 e. The van der Waals surface area contributed by atoms with Gasteiger partial charge >= 0.3 is 5.69 Å². The molecule has 0 spiro atoms. The lowest BCUT2D eigenvalue weighted by molar-refractivity contribution is 0.581. The maximum atomic E-state index is 11.7. The number of hydrogen-bond donors (Lipinski definition) is 0. The fraction of sp³-hybridized carbons (Fsp3) is 0.375. The summed E-state index contributed by atoms with van der Waals surface area (Å²) in [4.78, 5) is 15.7. The minimum atomic E-state index is -0.110. The molecule has 6 heteroatoms. The second-order valence-electron chi connectivity index (χ2n) is 3.15. The first-order valence-electron chi connectivity index (χ1n) is 4.73. The van der Waals surface area contributed by atoms with Crippen molar-refractivity contribution in [1.82, 2.24) is 19.2 Å². The second-order valence-corrected chi connectivity index (χ2v) is 3.15. The molecule has 0 saturated carbocycles. The fourth-order valence-electron chi connectivity index (χ4n) is 1.32. The fourth-order valence-corrected chi connectivity index (χ4v) is 1.32. The van der Waals surface area contributed by atoms with E-state index in [9.17, 15) is 4.79 Å². The summed E-state index contributed by atoms with van der Waals surface area (Å²) >= 11 is 0. The minimum absolute atomic E-state index is 0.110. The van der Waals surface area contributed by atoms with Crippen LogP contribution in [0.1, 0.15) is 6.42 Å². The summed E-state index contributed by atoms with van der Waals surface area (Å²) in [6.07, 6.45) is 5.32. The predicted molar refractivity (Wildman–Crippen MR) is 55.2 cm³/mol. The number of aromatic nitrogens is 4. The molecule has 0 aromatic carbocycles. The summed E-state index contributed by atoms with van der Waals surface area (Å²) < 4.78 is 2.92. The highest BCUT2D eigenvalue weighted by molar-refractivity contribution is 6.08. The standard InChI is InChI=1S/C8H11BN4O/c9-3-1-6-13-8(14)12-5-2-4-10-7(12)11-13/h2,4-5H,1,3,6,9H2. The molecular formula is C8H11BN4O. The first-order chi connectivity index (χ1) is 6.83. The highest BCUT2D eigenvalue weighted by Gasteiger charge is 2.04.